The molecule has 0 aliphatic heterocycles. The number of ether oxygens (including phenoxy) is 1. The quantitative estimate of drug-likeness (QED) is 0.725. The van der Waals surface area contributed by atoms with Crippen LogP contribution in [-0.4, -0.2) is 25.0 Å². The highest BCUT2D eigenvalue weighted by Crippen LogP contribution is 2.20. The van der Waals surface area contributed by atoms with Crippen LogP contribution in [0.3, 0.4) is 0 Å². The zero-order valence-corrected chi connectivity index (χ0v) is 14.7. The fraction of sp³-hybridized carbons (Fsp3) is 0.250. The van der Waals surface area contributed by atoms with E-state index < -0.39 is 24.5 Å². The first-order valence-electron chi connectivity index (χ1n) is 7.23. The average molecular weight is 417 g/mol. The van der Waals surface area contributed by atoms with E-state index in [0.717, 1.165) is 0 Å². The van der Waals surface area contributed by atoms with Gasteiger partial charge in [-0.3, -0.25) is 9.59 Å². The third kappa shape index (κ3) is 5.86. The first-order valence-corrected chi connectivity index (χ1v) is 8.02. The SMILES string of the molecule is CC(NC(=O)CNC(=O)c1ccc(Br)o1)c1cccc(OC(F)F)c1. The maximum Gasteiger partial charge on any atom is 0.387 e. The van der Waals surface area contributed by atoms with E-state index in [4.69, 9.17) is 4.42 Å². The van der Waals surface area contributed by atoms with Crippen molar-refractivity contribution >= 4 is 27.7 Å². The summed E-state index contributed by atoms with van der Waals surface area (Å²) in [5.41, 5.74) is 0.591. The fourth-order valence-electron chi connectivity index (χ4n) is 2.02. The highest BCUT2D eigenvalue weighted by molar-refractivity contribution is 9.10. The standard InChI is InChI=1S/C16H15BrF2N2O4/c1-9(10-3-2-4-11(7-10)24-16(18)19)21-14(22)8-20-15(23)12-5-6-13(17)25-12/h2-7,9,16H,8H2,1H3,(H,20,23)(H,21,22). The molecule has 0 saturated carbocycles. The molecule has 25 heavy (non-hydrogen) atoms. The van der Waals surface area contributed by atoms with Crippen LogP contribution in [0, 0.1) is 0 Å². The summed E-state index contributed by atoms with van der Waals surface area (Å²) >= 11 is 3.08. The molecule has 1 aromatic carbocycles. The van der Waals surface area contributed by atoms with Crippen molar-refractivity contribution in [3.05, 3.63) is 52.4 Å². The summed E-state index contributed by atoms with van der Waals surface area (Å²) in [5.74, 6) is -0.887. The van der Waals surface area contributed by atoms with E-state index in [9.17, 15) is 18.4 Å². The van der Waals surface area contributed by atoms with Crippen molar-refractivity contribution in [2.45, 2.75) is 19.6 Å². The molecule has 0 radical (unpaired) electrons. The van der Waals surface area contributed by atoms with Crippen LogP contribution in [0.5, 0.6) is 5.75 Å². The number of furan rings is 1. The van der Waals surface area contributed by atoms with E-state index in [-0.39, 0.29) is 18.1 Å². The molecule has 2 amide bonds. The van der Waals surface area contributed by atoms with Gasteiger partial charge in [-0.2, -0.15) is 8.78 Å². The molecule has 1 unspecified atom stereocenters. The average Bonchev–Trinajstić information content (AvgIpc) is 2.99. The summed E-state index contributed by atoms with van der Waals surface area (Å²) in [6, 6.07) is 8.60. The Morgan fingerprint density at radius 2 is 2.04 bits per heavy atom. The molecule has 134 valence electrons. The summed E-state index contributed by atoms with van der Waals surface area (Å²) in [7, 11) is 0. The van der Waals surface area contributed by atoms with E-state index in [1.807, 2.05) is 0 Å². The summed E-state index contributed by atoms with van der Waals surface area (Å²) in [4.78, 5) is 23.7. The lowest BCUT2D eigenvalue weighted by molar-refractivity contribution is -0.120. The van der Waals surface area contributed by atoms with Gasteiger partial charge in [0, 0.05) is 0 Å². The van der Waals surface area contributed by atoms with E-state index in [0.29, 0.717) is 10.2 Å². The topological polar surface area (TPSA) is 80.6 Å². The second-order valence-corrected chi connectivity index (χ2v) is 5.81. The van der Waals surface area contributed by atoms with Gasteiger partial charge < -0.3 is 19.8 Å². The molecule has 1 aromatic heterocycles. The van der Waals surface area contributed by atoms with Gasteiger partial charge in [0.1, 0.15) is 5.75 Å². The van der Waals surface area contributed by atoms with Crippen molar-refractivity contribution in [1.29, 1.82) is 0 Å². The van der Waals surface area contributed by atoms with E-state index in [1.165, 1.54) is 18.2 Å². The molecule has 0 aliphatic carbocycles. The predicted molar refractivity (Wildman–Crippen MR) is 88.4 cm³/mol. The molecule has 6 nitrogen and oxygen atoms in total. The number of halogens is 3. The second kappa shape index (κ2) is 8.61. The summed E-state index contributed by atoms with van der Waals surface area (Å²) < 4.78 is 34.3. The van der Waals surface area contributed by atoms with Crippen LogP contribution in [0.4, 0.5) is 8.78 Å². The van der Waals surface area contributed by atoms with Crippen LogP contribution in [0.1, 0.15) is 29.1 Å². The molecule has 0 spiro atoms. The zero-order valence-electron chi connectivity index (χ0n) is 13.1. The Bertz CT molecular complexity index is 751. The lowest BCUT2D eigenvalue weighted by atomic mass is 10.1. The molecular weight excluding hydrogens is 402 g/mol. The minimum Gasteiger partial charge on any atom is -0.444 e. The van der Waals surface area contributed by atoms with Crippen molar-refractivity contribution in [2.75, 3.05) is 6.54 Å². The normalized spacial score (nSPS) is 11.9. The van der Waals surface area contributed by atoms with Gasteiger partial charge in [-0.1, -0.05) is 12.1 Å². The third-order valence-corrected chi connectivity index (χ3v) is 3.59. The molecule has 2 N–H and O–H groups in total. The molecule has 0 bridgehead atoms. The molecular formula is C16H15BrF2N2O4. The van der Waals surface area contributed by atoms with Gasteiger partial charge in [0.2, 0.25) is 5.91 Å². The van der Waals surface area contributed by atoms with Gasteiger partial charge in [0.15, 0.2) is 10.4 Å². The number of carbonyl (C=O) groups excluding carboxylic acids is 2. The maximum absolute atomic E-state index is 12.2. The summed E-state index contributed by atoms with van der Waals surface area (Å²) in [6.07, 6.45) is 0. The molecule has 2 rings (SSSR count). The lowest BCUT2D eigenvalue weighted by Crippen LogP contribution is -2.37. The van der Waals surface area contributed by atoms with Gasteiger partial charge in [-0.15, -0.1) is 0 Å². The summed E-state index contributed by atoms with van der Waals surface area (Å²) in [5, 5.41) is 5.07. The minimum absolute atomic E-state index is 0.00491. The number of nitrogens with one attached hydrogen (secondary N) is 2. The smallest absolute Gasteiger partial charge is 0.387 e. The first kappa shape index (κ1) is 18.9. The number of rotatable bonds is 7. The monoisotopic (exact) mass is 416 g/mol. The van der Waals surface area contributed by atoms with Gasteiger partial charge in [0.05, 0.1) is 12.6 Å². The van der Waals surface area contributed by atoms with E-state index >= 15 is 0 Å². The van der Waals surface area contributed by atoms with Gasteiger partial charge in [0.25, 0.3) is 5.91 Å². The molecule has 0 saturated heterocycles. The Morgan fingerprint density at radius 3 is 2.68 bits per heavy atom. The van der Waals surface area contributed by atoms with Gasteiger partial charge in [-0.25, -0.2) is 0 Å². The highest BCUT2D eigenvalue weighted by atomic mass is 79.9. The predicted octanol–water partition coefficient (Wildman–Crippen LogP) is 3.25. The van der Waals surface area contributed by atoms with Crippen LogP contribution in [-0.2, 0) is 4.79 Å². The van der Waals surface area contributed by atoms with Crippen molar-refractivity contribution in [2.24, 2.45) is 0 Å². The van der Waals surface area contributed by atoms with Crippen LogP contribution in [0.25, 0.3) is 0 Å². The summed E-state index contributed by atoms with van der Waals surface area (Å²) in [6.45, 7) is -1.49. The Labute approximate surface area is 150 Å². The van der Waals surface area contributed by atoms with Crippen molar-refractivity contribution < 1.29 is 27.5 Å². The molecule has 2 aromatic rings. The lowest BCUT2D eigenvalue weighted by Gasteiger charge is -2.15. The number of amides is 2. The van der Waals surface area contributed by atoms with Crippen LogP contribution in [0.2, 0.25) is 0 Å². The van der Waals surface area contributed by atoms with Gasteiger partial charge in [-0.05, 0) is 52.7 Å². The Hall–Kier alpha value is -2.42. The number of benzene rings is 1. The highest BCUT2D eigenvalue weighted by Gasteiger charge is 2.14. The number of hydrogen-bond donors (Lipinski definition) is 2. The number of hydrogen-bond acceptors (Lipinski definition) is 4. The van der Waals surface area contributed by atoms with Crippen LogP contribution < -0.4 is 15.4 Å². The van der Waals surface area contributed by atoms with E-state index in [1.54, 1.807) is 25.1 Å². The Kier molecular flexibility index (Phi) is 6.51. The fourth-order valence-corrected chi connectivity index (χ4v) is 2.33. The molecule has 0 aliphatic rings. The van der Waals surface area contributed by atoms with E-state index in [2.05, 4.69) is 31.3 Å². The first-order chi connectivity index (χ1) is 11.8. The maximum atomic E-state index is 12.2. The zero-order chi connectivity index (χ0) is 18.4. The van der Waals surface area contributed by atoms with Crippen molar-refractivity contribution in [3.8, 4) is 5.75 Å². The van der Waals surface area contributed by atoms with Crippen molar-refractivity contribution in [3.63, 3.8) is 0 Å². The van der Waals surface area contributed by atoms with Gasteiger partial charge >= 0.3 is 6.61 Å². The third-order valence-electron chi connectivity index (χ3n) is 3.17. The second-order valence-electron chi connectivity index (χ2n) is 5.03. The Morgan fingerprint density at radius 1 is 1.28 bits per heavy atom. The van der Waals surface area contributed by atoms with Crippen molar-refractivity contribution in [1.82, 2.24) is 10.6 Å². The van der Waals surface area contributed by atoms with Crippen LogP contribution >= 0.6 is 15.9 Å². The number of alkyl halides is 2. The minimum atomic E-state index is -2.92. The van der Waals surface area contributed by atoms with Crippen LogP contribution in [0.15, 0.2) is 45.5 Å². The number of carbonyl (C=O) groups is 2. The molecule has 1 atom stereocenters. The molecule has 1 heterocycles. The molecule has 9 heteroatoms. The largest absolute Gasteiger partial charge is 0.444 e. The Balaban J connectivity index is 1.86. The molecule has 0 fully saturated rings.